The molecule has 1 aliphatic heterocycles. The molecule has 0 spiro atoms. The van der Waals surface area contributed by atoms with Gasteiger partial charge in [0.1, 0.15) is 5.60 Å². The fourth-order valence-corrected chi connectivity index (χ4v) is 3.70. The zero-order valence-electron chi connectivity index (χ0n) is 15.9. The predicted molar refractivity (Wildman–Crippen MR) is 105 cm³/mol. The molecule has 1 aliphatic rings. The number of carbonyl (C=O) groups is 1. The first-order chi connectivity index (χ1) is 12.4. The smallest absolute Gasteiger partial charge is 0.411 e. The van der Waals surface area contributed by atoms with Crippen molar-refractivity contribution in [2.45, 2.75) is 45.3 Å². The molecule has 2 atom stereocenters. The molecule has 0 radical (unpaired) electrons. The first kappa shape index (κ1) is 18.2. The fourth-order valence-electron chi connectivity index (χ4n) is 3.70. The SMILES string of the molecule is C=C(C)C[C@@]1(c2ccccc2)CCN([C@@H](C)c2ccc(C)cc2)C(=O)O1. The Balaban J connectivity index is 1.84. The maximum atomic E-state index is 12.9. The Bertz CT molecular complexity index is 782. The molecule has 3 rings (SSSR count). The molecule has 2 aromatic carbocycles. The van der Waals surface area contributed by atoms with E-state index in [1.54, 1.807) is 0 Å². The normalized spacial score (nSPS) is 21.2. The van der Waals surface area contributed by atoms with Crippen LogP contribution in [0.1, 0.15) is 49.4 Å². The number of aryl methyl sites for hydroxylation is 1. The number of carbonyl (C=O) groups excluding carboxylic acids is 1. The van der Waals surface area contributed by atoms with Gasteiger partial charge in [-0.15, -0.1) is 0 Å². The number of hydrogen-bond acceptors (Lipinski definition) is 2. The first-order valence-electron chi connectivity index (χ1n) is 9.17. The van der Waals surface area contributed by atoms with E-state index in [4.69, 9.17) is 4.74 Å². The van der Waals surface area contributed by atoms with E-state index in [9.17, 15) is 4.79 Å². The average Bonchev–Trinajstić information content (AvgIpc) is 2.62. The van der Waals surface area contributed by atoms with Crippen LogP contribution in [0, 0.1) is 6.92 Å². The number of rotatable bonds is 5. The third-order valence-corrected chi connectivity index (χ3v) is 5.19. The predicted octanol–water partition coefficient (Wildman–Crippen LogP) is 5.76. The number of cyclic esters (lactones) is 1. The number of benzene rings is 2. The number of amides is 1. The monoisotopic (exact) mass is 349 g/mol. The van der Waals surface area contributed by atoms with E-state index in [1.165, 1.54) is 5.56 Å². The van der Waals surface area contributed by atoms with Crippen LogP contribution < -0.4 is 0 Å². The topological polar surface area (TPSA) is 29.5 Å². The van der Waals surface area contributed by atoms with Crippen LogP contribution in [0.2, 0.25) is 0 Å². The Morgan fingerprint density at radius 1 is 1.19 bits per heavy atom. The summed E-state index contributed by atoms with van der Waals surface area (Å²) in [6.07, 6.45) is 1.15. The molecule has 1 fully saturated rings. The second kappa shape index (κ2) is 7.36. The molecule has 2 aromatic rings. The Labute approximate surface area is 156 Å². The summed E-state index contributed by atoms with van der Waals surface area (Å²) in [6, 6.07) is 18.4. The molecule has 0 bridgehead atoms. The van der Waals surface area contributed by atoms with E-state index in [0.717, 1.165) is 23.1 Å². The maximum Gasteiger partial charge on any atom is 0.411 e. The molecule has 0 saturated carbocycles. The van der Waals surface area contributed by atoms with Crippen LogP contribution in [0.5, 0.6) is 0 Å². The lowest BCUT2D eigenvalue weighted by molar-refractivity contribution is -0.0602. The molecule has 26 heavy (non-hydrogen) atoms. The second-order valence-electron chi connectivity index (χ2n) is 7.39. The van der Waals surface area contributed by atoms with E-state index in [0.29, 0.717) is 13.0 Å². The minimum absolute atomic E-state index is 0.0123. The minimum Gasteiger partial charge on any atom is -0.437 e. The molecule has 0 aliphatic carbocycles. The van der Waals surface area contributed by atoms with Gasteiger partial charge < -0.3 is 9.64 Å². The van der Waals surface area contributed by atoms with Gasteiger partial charge in [-0.1, -0.05) is 72.3 Å². The van der Waals surface area contributed by atoms with Gasteiger partial charge in [-0.2, -0.15) is 0 Å². The number of nitrogens with zero attached hydrogens (tertiary/aromatic N) is 1. The molecule has 3 heteroatoms. The van der Waals surface area contributed by atoms with Crippen molar-refractivity contribution in [1.82, 2.24) is 4.90 Å². The van der Waals surface area contributed by atoms with Gasteiger partial charge in [-0.05, 0) is 31.9 Å². The van der Waals surface area contributed by atoms with Crippen LogP contribution in [0.15, 0.2) is 66.7 Å². The van der Waals surface area contributed by atoms with Crippen LogP contribution in [-0.2, 0) is 10.3 Å². The van der Waals surface area contributed by atoms with E-state index in [1.807, 2.05) is 42.2 Å². The summed E-state index contributed by atoms with van der Waals surface area (Å²) in [4.78, 5) is 14.7. The highest BCUT2D eigenvalue weighted by molar-refractivity contribution is 5.70. The quantitative estimate of drug-likeness (QED) is 0.642. The maximum absolute atomic E-state index is 12.9. The van der Waals surface area contributed by atoms with Crippen molar-refractivity contribution in [3.63, 3.8) is 0 Å². The summed E-state index contributed by atoms with van der Waals surface area (Å²) in [5, 5.41) is 0. The Morgan fingerprint density at radius 3 is 2.42 bits per heavy atom. The van der Waals surface area contributed by atoms with E-state index in [-0.39, 0.29) is 12.1 Å². The van der Waals surface area contributed by atoms with Gasteiger partial charge in [0, 0.05) is 19.4 Å². The van der Waals surface area contributed by atoms with Crippen LogP contribution in [0.3, 0.4) is 0 Å². The highest BCUT2D eigenvalue weighted by Gasteiger charge is 2.43. The van der Waals surface area contributed by atoms with Gasteiger partial charge in [0.25, 0.3) is 0 Å². The lowest BCUT2D eigenvalue weighted by atomic mass is 9.83. The molecule has 0 aromatic heterocycles. The van der Waals surface area contributed by atoms with Crippen molar-refractivity contribution in [2.75, 3.05) is 6.54 Å². The summed E-state index contributed by atoms with van der Waals surface area (Å²) < 4.78 is 6.08. The Hall–Kier alpha value is -2.55. The summed E-state index contributed by atoms with van der Waals surface area (Å²) >= 11 is 0. The van der Waals surface area contributed by atoms with Crippen LogP contribution in [-0.4, -0.2) is 17.5 Å². The van der Waals surface area contributed by atoms with Crippen molar-refractivity contribution in [2.24, 2.45) is 0 Å². The largest absolute Gasteiger partial charge is 0.437 e. The van der Waals surface area contributed by atoms with Crippen LogP contribution >= 0.6 is 0 Å². The number of ether oxygens (including phenoxy) is 1. The third kappa shape index (κ3) is 3.67. The van der Waals surface area contributed by atoms with Gasteiger partial charge in [0.05, 0.1) is 6.04 Å². The first-order valence-corrected chi connectivity index (χ1v) is 9.17. The van der Waals surface area contributed by atoms with Crippen LogP contribution in [0.4, 0.5) is 4.79 Å². The van der Waals surface area contributed by atoms with Gasteiger partial charge in [-0.3, -0.25) is 0 Å². The Kier molecular flexibility index (Phi) is 5.17. The van der Waals surface area contributed by atoms with E-state index >= 15 is 0 Å². The highest BCUT2D eigenvalue weighted by atomic mass is 16.6. The van der Waals surface area contributed by atoms with Crippen molar-refractivity contribution >= 4 is 6.09 Å². The van der Waals surface area contributed by atoms with Gasteiger partial charge in [0.2, 0.25) is 0 Å². The summed E-state index contributed by atoms with van der Waals surface area (Å²) in [5.74, 6) is 0. The van der Waals surface area contributed by atoms with E-state index < -0.39 is 5.60 Å². The van der Waals surface area contributed by atoms with Gasteiger partial charge in [0.15, 0.2) is 0 Å². The van der Waals surface area contributed by atoms with Gasteiger partial charge in [-0.25, -0.2) is 4.79 Å². The minimum atomic E-state index is -0.617. The molecule has 1 amide bonds. The summed E-state index contributed by atoms with van der Waals surface area (Å²) in [7, 11) is 0. The van der Waals surface area contributed by atoms with Gasteiger partial charge >= 0.3 is 6.09 Å². The van der Waals surface area contributed by atoms with Crippen LogP contribution in [0.25, 0.3) is 0 Å². The summed E-state index contributed by atoms with van der Waals surface area (Å²) in [5.41, 5.74) is 3.78. The van der Waals surface area contributed by atoms with Crippen molar-refractivity contribution < 1.29 is 9.53 Å². The molecule has 136 valence electrons. The standard InChI is InChI=1S/C23H27NO2/c1-17(2)16-23(21-8-6-5-7-9-21)14-15-24(22(25)26-23)19(4)20-12-10-18(3)11-13-20/h5-13,19H,1,14-16H2,2-4H3/t19-,23+/m0/s1. The fraction of sp³-hybridized carbons (Fsp3) is 0.348. The zero-order chi connectivity index (χ0) is 18.7. The summed E-state index contributed by atoms with van der Waals surface area (Å²) in [6.45, 7) is 10.8. The lowest BCUT2D eigenvalue weighted by Crippen LogP contribution is -2.48. The van der Waals surface area contributed by atoms with Crippen molar-refractivity contribution in [1.29, 1.82) is 0 Å². The Morgan fingerprint density at radius 2 is 1.85 bits per heavy atom. The van der Waals surface area contributed by atoms with E-state index in [2.05, 4.69) is 44.7 Å². The average molecular weight is 349 g/mol. The molecule has 0 N–H and O–H groups in total. The molecule has 1 saturated heterocycles. The zero-order valence-corrected chi connectivity index (χ0v) is 15.9. The molecule has 1 heterocycles. The third-order valence-electron chi connectivity index (χ3n) is 5.19. The second-order valence-corrected chi connectivity index (χ2v) is 7.39. The molecular formula is C23H27NO2. The molecule has 3 nitrogen and oxygen atoms in total. The molecule has 0 unspecified atom stereocenters. The molecular weight excluding hydrogens is 322 g/mol. The lowest BCUT2D eigenvalue weighted by Gasteiger charge is -2.43. The number of hydrogen-bond donors (Lipinski definition) is 0. The van der Waals surface area contributed by atoms with Crippen molar-refractivity contribution in [3.05, 3.63) is 83.4 Å². The highest BCUT2D eigenvalue weighted by Crippen LogP contribution is 2.41. The van der Waals surface area contributed by atoms with Crippen molar-refractivity contribution in [3.8, 4) is 0 Å².